The van der Waals surface area contributed by atoms with Gasteiger partial charge in [0.2, 0.25) is 12.3 Å². The monoisotopic (exact) mass is 636 g/mol. The van der Waals surface area contributed by atoms with E-state index in [1.54, 1.807) is 25.1 Å². The van der Waals surface area contributed by atoms with Gasteiger partial charge in [0.05, 0.1) is 89.4 Å². The van der Waals surface area contributed by atoms with E-state index in [1.165, 1.54) is 11.2 Å². The molecule has 0 aromatic heterocycles. The molecule has 45 heavy (non-hydrogen) atoms. The van der Waals surface area contributed by atoms with Gasteiger partial charge >= 0.3 is 0 Å². The lowest BCUT2D eigenvalue weighted by Crippen LogP contribution is -2.38. The average molecular weight is 637 g/mol. The lowest BCUT2D eigenvalue weighted by molar-refractivity contribution is -0.125. The minimum Gasteiger partial charge on any atom is -0.395 e. The van der Waals surface area contributed by atoms with Crippen molar-refractivity contribution in [3.63, 3.8) is 0 Å². The van der Waals surface area contributed by atoms with Crippen LogP contribution in [-0.4, -0.2) is 126 Å². The van der Waals surface area contributed by atoms with Crippen molar-refractivity contribution in [2.24, 2.45) is 11.6 Å². The van der Waals surface area contributed by atoms with E-state index in [2.05, 4.69) is 5.32 Å². The molecule has 16 heteroatoms. The predicted octanol–water partition coefficient (Wildman–Crippen LogP) is -0.606. The number of hydrogen-bond donors (Lipinski definition) is 4. The number of carbonyl (C=O) groups is 5. The molecule has 250 valence electrons. The zero-order chi connectivity index (χ0) is 32.9. The summed E-state index contributed by atoms with van der Waals surface area (Å²) in [4.78, 5) is 59.2. The first kappa shape index (κ1) is 37.3. The van der Waals surface area contributed by atoms with Gasteiger partial charge in [0, 0.05) is 30.9 Å². The molecule has 4 amide bonds. The number of nitrogens with zero attached hydrogens (tertiary/aromatic N) is 2. The van der Waals surface area contributed by atoms with Crippen LogP contribution in [0, 0.1) is 0 Å². The summed E-state index contributed by atoms with van der Waals surface area (Å²) >= 11 is 0. The third-order valence-corrected chi connectivity index (χ3v) is 6.38. The highest BCUT2D eigenvalue weighted by Gasteiger charge is 2.38. The highest BCUT2D eigenvalue weighted by atomic mass is 16.6. The molecule has 1 unspecified atom stereocenters. The van der Waals surface area contributed by atoms with Gasteiger partial charge in [-0.2, -0.15) is 0 Å². The summed E-state index contributed by atoms with van der Waals surface area (Å²) in [6.07, 6.45) is 2.41. The Morgan fingerprint density at radius 2 is 1.44 bits per heavy atom. The van der Waals surface area contributed by atoms with Gasteiger partial charge in [-0.25, -0.2) is 5.84 Å². The van der Waals surface area contributed by atoms with Crippen LogP contribution in [0.3, 0.4) is 0 Å². The molecule has 1 heterocycles. The minimum atomic E-state index is -0.500. The summed E-state index contributed by atoms with van der Waals surface area (Å²) in [6, 6.07) is 4.47. The van der Waals surface area contributed by atoms with Crippen LogP contribution >= 0.6 is 0 Å². The maximum Gasteiger partial charge on any atom is 0.261 e. The van der Waals surface area contributed by atoms with Gasteiger partial charge in [0.15, 0.2) is 6.29 Å². The molecule has 1 aromatic carbocycles. The Morgan fingerprint density at radius 1 is 0.889 bits per heavy atom. The number of nitrogens with one attached hydrogen (secondary N) is 2. The van der Waals surface area contributed by atoms with E-state index in [0.29, 0.717) is 109 Å². The van der Waals surface area contributed by atoms with Gasteiger partial charge in [-0.15, -0.1) is 0 Å². The largest absolute Gasteiger partial charge is 0.395 e. The van der Waals surface area contributed by atoms with Crippen molar-refractivity contribution in [2.75, 3.05) is 84.5 Å². The Bertz CT molecular complexity index is 1130. The van der Waals surface area contributed by atoms with E-state index in [1.807, 2.05) is 5.32 Å². The highest BCUT2D eigenvalue weighted by Crippen LogP contribution is 2.28. The number of rotatable bonds is 26. The Hall–Kier alpha value is -3.93. The van der Waals surface area contributed by atoms with Crippen molar-refractivity contribution in [3.8, 4) is 0 Å². The van der Waals surface area contributed by atoms with Crippen LogP contribution in [0.25, 0.3) is 0 Å². The Balaban J connectivity index is 1.45. The van der Waals surface area contributed by atoms with Crippen molar-refractivity contribution >= 4 is 36.1 Å². The van der Waals surface area contributed by atoms with E-state index >= 15 is 0 Å². The van der Waals surface area contributed by atoms with E-state index < -0.39 is 23.8 Å². The maximum atomic E-state index is 12.9. The third-order valence-electron chi connectivity index (χ3n) is 6.38. The van der Waals surface area contributed by atoms with Crippen LogP contribution in [0.5, 0.6) is 0 Å². The minimum absolute atomic E-state index is 0.0188. The number of imide groups is 2. The molecule has 0 spiro atoms. The molecule has 0 bridgehead atoms. The second-order valence-electron chi connectivity index (χ2n) is 9.79. The van der Waals surface area contributed by atoms with Gasteiger partial charge < -0.3 is 39.7 Å². The quantitative estimate of drug-likeness (QED) is 0.0250. The molecule has 1 aromatic rings. The highest BCUT2D eigenvalue weighted by molar-refractivity contribution is 6.22. The first-order valence-corrected chi connectivity index (χ1v) is 14.6. The fraction of sp³-hybridized carbons (Fsp3) is 0.552. The number of amides is 4. The van der Waals surface area contributed by atoms with Gasteiger partial charge in [-0.05, 0) is 31.5 Å². The summed E-state index contributed by atoms with van der Waals surface area (Å²) in [5, 5.41) is 6.50. The summed E-state index contributed by atoms with van der Waals surface area (Å²) in [7, 11) is 0. The molecule has 2 rings (SSSR count). The molecule has 0 fully saturated rings. The molecular weight excluding hydrogens is 592 g/mol. The second-order valence-corrected chi connectivity index (χ2v) is 9.79. The molecule has 0 saturated carbocycles. The summed E-state index contributed by atoms with van der Waals surface area (Å²) in [5.41, 5.74) is 6.69. The molecule has 1 atom stereocenters. The summed E-state index contributed by atoms with van der Waals surface area (Å²) in [6.45, 7) is 6.68. The summed E-state index contributed by atoms with van der Waals surface area (Å²) < 4.78 is 27.3. The number of fused-ring (bicyclic) bond motifs is 1. The molecule has 0 aliphatic carbocycles. The van der Waals surface area contributed by atoms with Gasteiger partial charge in [0.1, 0.15) is 0 Å². The molecular formula is C29H44N6O10. The molecule has 1 aliphatic rings. The first-order chi connectivity index (χ1) is 21.8. The number of carbonyl (C=O) groups excluding carboxylic acids is 5. The number of hydrogen-bond acceptors (Lipinski definition) is 14. The number of anilines is 1. The van der Waals surface area contributed by atoms with Gasteiger partial charge in [0.25, 0.3) is 11.8 Å². The van der Waals surface area contributed by atoms with Crippen molar-refractivity contribution in [1.82, 2.24) is 15.2 Å². The molecule has 1 aliphatic heterocycles. The van der Waals surface area contributed by atoms with Crippen molar-refractivity contribution in [2.45, 2.75) is 25.8 Å². The van der Waals surface area contributed by atoms with E-state index in [9.17, 15) is 24.0 Å². The third kappa shape index (κ3) is 14.1. The number of hydrazine groups is 1. The Morgan fingerprint density at radius 3 is 2.02 bits per heavy atom. The van der Waals surface area contributed by atoms with Crippen LogP contribution in [-0.2, 0) is 38.1 Å². The summed E-state index contributed by atoms with van der Waals surface area (Å²) in [5.74, 6) is 4.34. The van der Waals surface area contributed by atoms with E-state index in [-0.39, 0.29) is 18.5 Å². The fourth-order valence-corrected chi connectivity index (χ4v) is 4.08. The molecule has 6 N–H and O–H groups in total. The van der Waals surface area contributed by atoms with E-state index in [0.717, 1.165) is 4.90 Å². The molecule has 0 saturated heterocycles. The van der Waals surface area contributed by atoms with E-state index in [4.69, 9.17) is 35.3 Å². The average Bonchev–Trinajstić information content (AvgIpc) is 3.27. The predicted molar refractivity (Wildman–Crippen MR) is 162 cm³/mol. The van der Waals surface area contributed by atoms with Crippen LogP contribution in [0.15, 0.2) is 30.1 Å². The van der Waals surface area contributed by atoms with Crippen LogP contribution in [0.4, 0.5) is 5.69 Å². The number of ether oxygens (including phenoxy) is 5. The Labute approximate surface area is 262 Å². The lowest BCUT2D eigenvalue weighted by Gasteiger charge is -2.22. The molecule has 16 nitrogen and oxygen atoms in total. The van der Waals surface area contributed by atoms with Crippen LogP contribution in [0.2, 0.25) is 0 Å². The Kier molecular flexibility index (Phi) is 18.0. The first-order valence-electron chi connectivity index (χ1n) is 14.6. The fourth-order valence-electron chi connectivity index (χ4n) is 4.08. The van der Waals surface area contributed by atoms with Crippen molar-refractivity contribution < 1.29 is 47.7 Å². The topological polar surface area (TPSA) is 214 Å². The number of nitrogens with two attached hydrogens (primary N) is 2. The normalized spacial score (nSPS) is 13.5. The van der Waals surface area contributed by atoms with Crippen molar-refractivity contribution in [3.05, 3.63) is 41.2 Å². The molecule has 0 radical (unpaired) electrons. The number of allylic oxidation sites excluding steroid dienone is 1. The van der Waals surface area contributed by atoms with Crippen LogP contribution in [0.1, 0.15) is 40.5 Å². The zero-order valence-corrected chi connectivity index (χ0v) is 25.6. The van der Waals surface area contributed by atoms with Gasteiger partial charge in [-0.3, -0.25) is 34.2 Å². The van der Waals surface area contributed by atoms with Gasteiger partial charge in [-0.1, -0.05) is 0 Å². The second kappa shape index (κ2) is 21.7. The zero-order valence-electron chi connectivity index (χ0n) is 25.6. The van der Waals surface area contributed by atoms with Crippen LogP contribution < -0.4 is 22.2 Å². The SMILES string of the molecule is CC(CCC(=O)NC=O)N1C(=O)c2ccc(NCCOCCOCCOCCOCCOCCN(N)/C=C(\N)C=O)cc2C1=O. The smallest absolute Gasteiger partial charge is 0.261 e. The lowest BCUT2D eigenvalue weighted by atomic mass is 10.1. The number of aldehydes is 1. The van der Waals surface area contributed by atoms with Crippen molar-refractivity contribution in [1.29, 1.82) is 0 Å². The number of benzene rings is 1. The maximum absolute atomic E-state index is 12.9. The standard InChI is InChI=1S/C29H44N6O10/c1-22(2-5-27(38)33-21-37)35-28(39)25-4-3-24(18-26(25)29(35)40)32-6-8-41-10-12-43-14-16-45-17-15-44-13-11-42-9-7-34(31)19-23(30)20-36/h3-4,18-22,32H,2,5-17,30-31H2,1H3,(H,33,37,38)/b23-19-.